The first kappa shape index (κ1) is 21.6. The molecule has 166 valence electrons. The van der Waals surface area contributed by atoms with Crippen molar-refractivity contribution in [1.29, 1.82) is 0 Å². The molecule has 0 fully saturated rings. The van der Waals surface area contributed by atoms with Crippen molar-refractivity contribution in [3.8, 4) is 22.6 Å². The van der Waals surface area contributed by atoms with Gasteiger partial charge in [-0.1, -0.05) is 30.3 Å². The van der Waals surface area contributed by atoms with E-state index in [1.807, 2.05) is 30.3 Å². The Morgan fingerprint density at radius 3 is 2.55 bits per heavy atom. The second kappa shape index (κ2) is 9.23. The number of carbonyl (C=O) groups is 1. The number of methoxy groups -OCH3 is 2. The Labute approximate surface area is 188 Å². The highest BCUT2D eigenvalue weighted by Crippen LogP contribution is 2.34. The van der Waals surface area contributed by atoms with E-state index in [0.717, 1.165) is 5.56 Å². The second-order valence-electron chi connectivity index (χ2n) is 7.04. The molecule has 2 N–H and O–H groups in total. The summed E-state index contributed by atoms with van der Waals surface area (Å²) in [5.74, 6) is 0.680. The molecule has 1 heterocycles. The number of ether oxygens (including phenoxy) is 2. The molecular weight excluding hydrogens is 424 g/mol. The van der Waals surface area contributed by atoms with Gasteiger partial charge in [0.2, 0.25) is 0 Å². The van der Waals surface area contributed by atoms with E-state index in [4.69, 9.17) is 9.47 Å². The maximum Gasteiger partial charge on any atom is 0.288 e. The van der Waals surface area contributed by atoms with Gasteiger partial charge in [-0.05, 0) is 23.8 Å². The molecule has 1 aromatic heterocycles. The van der Waals surface area contributed by atoms with Crippen LogP contribution in [0.1, 0.15) is 16.1 Å². The molecule has 0 unspecified atom stereocenters. The van der Waals surface area contributed by atoms with Crippen molar-refractivity contribution in [3.05, 3.63) is 88.1 Å². The van der Waals surface area contributed by atoms with Gasteiger partial charge in [0.15, 0.2) is 0 Å². The van der Waals surface area contributed by atoms with Crippen LogP contribution >= 0.6 is 0 Å². The minimum atomic E-state index is -0.489. The van der Waals surface area contributed by atoms with E-state index in [9.17, 15) is 14.9 Å². The molecule has 3 aromatic carbocycles. The average Bonchev–Trinajstić information content (AvgIpc) is 3.23. The number of rotatable bonds is 7. The highest BCUT2D eigenvalue weighted by Gasteiger charge is 2.21. The number of benzene rings is 3. The van der Waals surface area contributed by atoms with E-state index < -0.39 is 10.8 Å². The highest BCUT2D eigenvalue weighted by molar-refractivity contribution is 6.10. The third kappa shape index (κ3) is 4.38. The first-order valence-electron chi connectivity index (χ1n) is 9.92. The predicted molar refractivity (Wildman–Crippen MR) is 125 cm³/mol. The Hall–Kier alpha value is -4.66. The summed E-state index contributed by atoms with van der Waals surface area (Å²) in [4.78, 5) is 26.9. The molecule has 0 bridgehead atoms. The van der Waals surface area contributed by atoms with Gasteiger partial charge in [0.25, 0.3) is 11.6 Å². The van der Waals surface area contributed by atoms with Crippen molar-refractivity contribution < 1.29 is 19.2 Å². The molecule has 33 heavy (non-hydrogen) atoms. The zero-order chi connectivity index (χ0) is 23.4. The molecule has 0 aliphatic heterocycles. The van der Waals surface area contributed by atoms with Gasteiger partial charge in [0.1, 0.15) is 17.2 Å². The van der Waals surface area contributed by atoms with Crippen molar-refractivity contribution in [2.45, 2.75) is 0 Å². The number of carbonyl (C=O) groups excluding carboxylic acids is 1. The lowest BCUT2D eigenvalue weighted by atomic mass is 10.0. The topological polar surface area (TPSA) is 119 Å². The summed E-state index contributed by atoms with van der Waals surface area (Å²) in [6.07, 6.45) is 1.46. The fraction of sp³-hybridized carbons (Fsp3) is 0.0833. The normalized spacial score (nSPS) is 11.0. The molecule has 9 heteroatoms. The molecule has 4 aromatic rings. The van der Waals surface area contributed by atoms with Crippen LogP contribution in [0.4, 0.5) is 5.69 Å². The number of H-pyrrole nitrogens is 1. The molecule has 0 saturated carbocycles. The number of amides is 1. The number of fused-ring (bicyclic) bond motifs is 1. The Balaban J connectivity index is 1.70. The number of nitrogens with zero attached hydrogens (tertiary/aromatic N) is 2. The molecular formula is C24H20N4O5. The SMILES string of the molecule is COc1ccc(/C=N\NC(=O)c2[nH]c3ccc([N+](=O)[O-])cc3c2-c2ccccc2)c(OC)c1. The lowest BCUT2D eigenvalue weighted by molar-refractivity contribution is -0.384. The zero-order valence-corrected chi connectivity index (χ0v) is 17.9. The van der Waals surface area contributed by atoms with Crippen molar-refractivity contribution in [3.63, 3.8) is 0 Å². The van der Waals surface area contributed by atoms with E-state index in [-0.39, 0.29) is 11.4 Å². The predicted octanol–water partition coefficient (Wildman–Crippen LogP) is 4.52. The molecule has 9 nitrogen and oxygen atoms in total. The Morgan fingerprint density at radius 1 is 1.06 bits per heavy atom. The molecule has 0 radical (unpaired) electrons. The number of hydrogen-bond donors (Lipinski definition) is 2. The third-order valence-electron chi connectivity index (χ3n) is 5.09. The van der Waals surface area contributed by atoms with Crippen LogP contribution in [0.3, 0.4) is 0 Å². The van der Waals surface area contributed by atoms with Gasteiger partial charge < -0.3 is 14.5 Å². The van der Waals surface area contributed by atoms with E-state index in [0.29, 0.717) is 33.5 Å². The average molecular weight is 444 g/mol. The number of hydrazone groups is 1. The number of hydrogen-bond acceptors (Lipinski definition) is 6. The van der Waals surface area contributed by atoms with Crippen molar-refractivity contribution >= 4 is 28.7 Å². The van der Waals surface area contributed by atoms with Crippen LogP contribution in [0.2, 0.25) is 0 Å². The van der Waals surface area contributed by atoms with E-state index in [1.165, 1.54) is 25.5 Å². The molecule has 0 aliphatic rings. The van der Waals surface area contributed by atoms with E-state index in [2.05, 4.69) is 15.5 Å². The zero-order valence-electron chi connectivity index (χ0n) is 17.9. The van der Waals surface area contributed by atoms with Gasteiger partial charge in [-0.25, -0.2) is 5.43 Å². The molecule has 0 atom stereocenters. The number of aromatic nitrogens is 1. The summed E-state index contributed by atoms with van der Waals surface area (Å²) in [5.41, 5.74) is 5.25. The summed E-state index contributed by atoms with van der Waals surface area (Å²) >= 11 is 0. The number of nitro groups is 1. The van der Waals surface area contributed by atoms with Gasteiger partial charge in [-0.2, -0.15) is 5.10 Å². The smallest absolute Gasteiger partial charge is 0.288 e. The van der Waals surface area contributed by atoms with Crippen LogP contribution < -0.4 is 14.9 Å². The molecule has 1 amide bonds. The summed E-state index contributed by atoms with van der Waals surface area (Å²) < 4.78 is 10.5. The molecule has 4 rings (SSSR count). The number of nitro benzene ring substituents is 1. The number of non-ortho nitro benzene ring substituents is 1. The van der Waals surface area contributed by atoms with Crippen LogP contribution in [-0.4, -0.2) is 36.2 Å². The van der Waals surface area contributed by atoms with E-state index in [1.54, 1.807) is 31.4 Å². The number of nitrogens with one attached hydrogen (secondary N) is 2. The summed E-state index contributed by atoms with van der Waals surface area (Å²) in [5, 5.41) is 15.9. The maximum absolute atomic E-state index is 13.0. The standard InChI is InChI=1S/C24H20N4O5/c1-32-18-10-8-16(21(13-18)33-2)14-25-27-24(29)23-22(15-6-4-3-5-7-15)19-12-17(28(30)31)9-11-20(19)26-23/h3-14,26H,1-2H3,(H,27,29)/b25-14-. The van der Waals surface area contributed by atoms with Crippen molar-refractivity contribution in [1.82, 2.24) is 10.4 Å². The Morgan fingerprint density at radius 2 is 1.85 bits per heavy atom. The second-order valence-corrected chi connectivity index (χ2v) is 7.04. The minimum absolute atomic E-state index is 0.0599. The quantitative estimate of drug-likeness (QED) is 0.247. The van der Waals surface area contributed by atoms with Crippen LogP contribution in [0.5, 0.6) is 11.5 Å². The van der Waals surface area contributed by atoms with Crippen LogP contribution in [-0.2, 0) is 0 Å². The van der Waals surface area contributed by atoms with Crippen LogP contribution in [0.15, 0.2) is 71.8 Å². The fourth-order valence-electron chi connectivity index (χ4n) is 3.51. The highest BCUT2D eigenvalue weighted by atomic mass is 16.6. The Bertz CT molecular complexity index is 1360. The lowest BCUT2D eigenvalue weighted by Gasteiger charge is -2.07. The first-order valence-corrected chi connectivity index (χ1v) is 9.92. The van der Waals surface area contributed by atoms with Crippen molar-refractivity contribution in [2.75, 3.05) is 14.2 Å². The van der Waals surface area contributed by atoms with Crippen LogP contribution in [0, 0.1) is 10.1 Å². The van der Waals surface area contributed by atoms with Crippen molar-refractivity contribution in [2.24, 2.45) is 5.10 Å². The molecule has 0 spiro atoms. The molecule has 0 aliphatic carbocycles. The summed E-state index contributed by atoms with van der Waals surface area (Å²) in [7, 11) is 3.09. The summed E-state index contributed by atoms with van der Waals surface area (Å²) in [6, 6.07) is 18.8. The van der Waals surface area contributed by atoms with Gasteiger partial charge in [-0.3, -0.25) is 14.9 Å². The first-order chi connectivity index (χ1) is 16.0. The van der Waals surface area contributed by atoms with Gasteiger partial charge in [0.05, 0.1) is 25.4 Å². The van der Waals surface area contributed by atoms with E-state index >= 15 is 0 Å². The lowest BCUT2D eigenvalue weighted by Crippen LogP contribution is -2.19. The largest absolute Gasteiger partial charge is 0.497 e. The maximum atomic E-state index is 13.0. The minimum Gasteiger partial charge on any atom is -0.497 e. The van der Waals surface area contributed by atoms with Gasteiger partial charge in [-0.15, -0.1) is 0 Å². The monoisotopic (exact) mass is 444 g/mol. The van der Waals surface area contributed by atoms with Crippen LogP contribution in [0.25, 0.3) is 22.0 Å². The number of aromatic amines is 1. The van der Waals surface area contributed by atoms with Gasteiger partial charge >= 0.3 is 0 Å². The summed E-state index contributed by atoms with van der Waals surface area (Å²) in [6.45, 7) is 0. The third-order valence-corrected chi connectivity index (χ3v) is 5.09. The Kier molecular flexibility index (Phi) is 6.03. The fourth-order valence-corrected chi connectivity index (χ4v) is 3.51. The van der Waals surface area contributed by atoms with Gasteiger partial charge in [0, 0.05) is 40.2 Å². The molecule has 0 saturated heterocycles.